The van der Waals surface area contributed by atoms with E-state index >= 15 is 0 Å². The van der Waals surface area contributed by atoms with Crippen LogP contribution in [0.1, 0.15) is 35.7 Å². The van der Waals surface area contributed by atoms with Gasteiger partial charge in [0.15, 0.2) is 0 Å². The van der Waals surface area contributed by atoms with Crippen molar-refractivity contribution < 1.29 is 4.74 Å². The third-order valence-electron chi connectivity index (χ3n) is 5.74. The Hall–Kier alpha value is -1.99. The Kier molecular flexibility index (Phi) is 3.71. The van der Waals surface area contributed by atoms with E-state index in [1.54, 1.807) is 0 Å². The van der Waals surface area contributed by atoms with Crippen molar-refractivity contribution in [1.82, 2.24) is 24.6 Å². The number of anilines is 1. The monoisotopic (exact) mass is 340 g/mol. The van der Waals surface area contributed by atoms with E-state index < -0.39 is 0 Å². The quantitative estimate of drug-likeness (QED) is 0.840. The summed E-state index contributed by atoms with van der Waals surface area (Å²) in [5.41, 5.74) is 3.87. The van der Waals surface area contributed by atoms with Crippen LogP contribution >= 0.6 is 0 Å². The Labute approximate surface area is 147 Å². The topological polar surface area (TPSA) is 59.3 Å². The highest BCUT2D eigenvalue weighted by Gasteiger charge is 2.41. The first kappa shape index (κ1) is 15.3. The number of rotatable bonds is 3. The average molecular weight is 340 g/mol. The first-order chi connectivity index (χ1) is 12.3. The molecule has 3 aliphatic rings. The van der Waals surface area contributed by atoms with Crippen molar-refractivity contribution in [3.63, 3.8) is 0 Å². The summed E-state index contributed by atoms with van der Waals surface area (Å²) in [6, 6.07) is 1.04. The first-order valence-corrected chi connectivity index (χ1v) is 9.20. The fourth-order valence-corrected chi connectivity index (χ4v) is 4.49. The van der Waals surface area contributed by atoms with Crippen molar-refractivity contribution in [2.75, 3.05) is 31.2 Å². The predicted molar refractivity (Wildman–Crippen MR) is 93.3 cm³/mol. The lowest BCUT2D eigenvalue weighted by Gasteiger charge is -2.36. The largest absolute Gasteiger partial charge is 0.378 e. The van der Waals surface area contributed by atoms with Gasteiger partial charge in [-0.2, -0.15) is 5.10 Å². The fraction of sp³-hybridized carbons (Fsp3) is 0.611. The Bertz CT molecular complexity index is 769. The van der Waals surface area contributed by atoms with Crippen LogP contribution in [0.15, 0.2) is 18.6 Å². The van der Waals surface area contributed by atoms with Crippen molar-refractivity contribution >= 4 is 5.95 Å². The summed E-state index contributed by atoms with van der Waals surface area (Å²) in [4.78, 5) is 14.5. The minimum atomic E-state index is 0.452. The molecule has 0 amide bonds. The molecule has 2 saturated heterocycles. The summed E-state index contributed by atoms with van der Waals surface area (Å²) in [6.07, 6.45) is 9.66. The normalized spacial score (nSPS) is 26.0. The molecule has 5 rings (SSSR count). The predicted octanol–water partition coefficient (Wildman–Crippen LogP) is 1.31. The highest BCUT2D eigenvalue weighted by Crippen LogP contribution is 2.43. The number of hydrogen-bond donors (Lipinski definition) is 0. The molecule has 5 heterocycles. The van der Waals surface area contributed by atoms with Gasteiger partial charge in [-0.1, -0.05) is 0 Å². The molecule has 132 valence electrons. The number of fused-ring (bicyclic) bond motifs is 4. The van der Waals surface area contributed by atoms with Gasteiger partial charge in [0, 0.05) is 68.7 Å². The van der Waals surface area contributed by atoms with E-state index in [1.807, 2.05) is 17.9 Å². The van der Waals surface area contributed by atoms with E-state index in [2.05, 4.69) is 27.3 Å². The van der Waals surface area contributed by atoms with Crippen molar-refractivity contribution in [1.29, 1.82) is 0 Å². The van der Waals surface area contributed by atoms with Gasteiger partial charge in [-0.15, -0.1) is 0 Å². The molecule has 25 heavy (non-hydrogen) atoms. The van der Waals surface area contributed by atoms with Gasteiger partial charge in [0.25, 0.3) is 0 Å². The second kappa shape index (κ2) is 6.07. The van der Waals surface area contributed by atoms with E-state index in [1.165, 1.54) is 29.7 Å². The number of hydrogen-bond acceptors (Lipinski definition) is 6. The summed E-state index contributed by atoms with van der Waals surface area (Å²) >= 11 is 0. The van der Waals surface area contributed by atoms with Crippen LogP contribution < -0.4 is 4.90 Å². The SMILES string of the molecule is Cn1cc(CN2[C@H]3CC[C@H]2c2cnc(N4CCOCC4)nc2C3)cn1. The lowest BCUT2D eigenvalue weighted by atomic mass is 9.99. The highest BCUT2D eigenvalue weighted by molar-refractivity contribution is 5.37. The number of nitrogens with zero attached hydrogens (tertiary/aromatic N) is 6. The molecule has 2 fully saturated rings. The van der Waals surface area contributed by atoms with Crippen LogP contribution in [0.25, 0.3) is 0 Å². The zero-order valence-corrected chi connectivity index (χ0v) is 14.6. The van der Waals surface area contributed by atoms with Gasteiger partial charge in [-0.25, -0.2) is 9.97 Å². The van der Waals surface area contributed by atoms with Crippen LogP contribution in [0.2, 0.25) is 0 Å². The van der Waals surface area contributed by atoms with Gasteiger partial charge in [-0.05, 0) is 12.8 Å². The molecule has 0 spiro atoms. The summed E-state index contributed by atoms with van der Waals surface area (Å²) in [5.74, 6) is 0.877. The maximum Gasteiger partial charge on any atom is 0.225 e. The van der Waals surface area contributed by atoms with Gasteiger partial charge in [0.2, 0.25) is 5.95 Å². The molecule has 2 aromatic heterocycles. The minimum Gasteiger partial charge on any atom is -0.378 e. The van der Waals surface area contributed by atoms with E-state index in [-0.39, 0.29) is 0 Å². The summed E-state index contributed by atoms with van der Waals surface area (Å²) in [7, 11) is 1.98. The fourth-order valence-electron chi connectivity index (χ4n) is 4.49. The van der Waals surface area contributed by atoms with E-state index in [0.29, 0.717) is 12.1 Å². The molecule has 2 bridgehead atoms. The third-order valence-corrected chi connectivity index (χ3v) is 5.74. The Morgan fingerprint density at radius 2 is 2.08 bits per heavy atom. The van der Waals surface area contributed by atoms with E-state index in [4.69, 9.17) is 14.7 Å². The van der Waals surface area contributed by atoms with Crippen LogP contribution in [-0.2, 0) is 24.8 Å². The Balaban J connectivity index is 1.40. The van der Waals surface area contributed by atoms with Crippen molar-refractivity contribution in [3.8, 4) is 0 Å². The van der Waals surface area contributed by atoms with Crippen LogP contribution in [0.3, 0.4) is 0 Å². The van der Waals surface area contributed by atoms with Gasteiger partial charge in [-0.3, -0.25) is 9.58 Å². The Morgan fingerprint density at radius 1 is 1.20 bits per heavy atom. The molecule has 0 aliphatic carbocycles. The molecule has 0 aromatic carbocycles. The number of morpholine rings is 1. The molecular formula is C18H24N6O. The zero-order chi connectivity index (χ0) is 16.8. The van der Waals surface area contributed by atoms with Crippen LogP contribution in [0, 0.1) is 0 Å². The molecular weight excluding hydrogens is 316 g/mol. The van der Waals surface area contributed by atoms with Crippen molar-refractivity contribution in [3.05, 3.63) is 35.4 Å². The molecule has 3 aliphatic heterocycles. The number of aryl methyl sites for hydroxylation is 1. The lowest BCUT2D eigenvalue weighted by Crippen LogP contribution is -2.40. The standard InChI is InChI=1S/C18H24N6O/c1-22-11-13(9-20-22)12-24-14-2-3-17(24)15-10-19-18(21-16(15)8-14)23-4-6-25-7-5-23/h9-11,14,17H,2-8,12H2,1H3/t14-,17-/m0/s1. The van der Waals surface area contributed by atoms with Crippen molar-refractivity contribution in [2.45, 2.75) is 37.9 Å². The minimum absolute atomic E-state index is 0.452. The van der Waals surface area contributed by atoms with Crippen LogP contribution in [0.4, 0.5) is 5.95 Å². The third kappa shape index (κ3) is 2.71. The molecule has 7 nitrogen and oxygen atoms in total. The van der Waals surface area contributed by atoms with Gasteiger partial charge >= 0.3 is 0 Å². The molecule has 7 heteroatoms. The van der Waals surface area contributed by atoms with Crippen LogP contribution in [0.5, 0.6) is 0 Å². The van der Waals surface area contributed by atoms with Gasteiger partial charge < -0.3 is 9.64 Å². The molecule has 0 saturated carbocycles. The zero-order valence-electron chi connectivity index (χ0n) is 14.6. The van der Waals surface area contributed by atoms with E-state index in [9.17, 15) is 0 Å². The first-order valence-electron chi connectivity index (χ1n) is 9.20. The molecule has 0 N–H and O–H groups in total. The lowest BCUT2D eigenvalue weighted by molar-refractivity contribution is 0.122. The summed E-state index contributed by atoms with van der Waals surface area (Å²) in [6.45, 7) is 4.28. The van der Waals surface area contributed by atoms with Gasteiger partial charge in [0.05, 0.1) is 25.1 Å². The smallest absolute Gasteiger partial charge is 0.225 e. The maximum atomic E-state index is 5.44. The van der Waals surface area contributed by atoms with Crippen LogP contribution in [-0.4, -0.2) is 57.0 Å². The maximum absolute atomic E-state index is 5.44. The summed E-state index contributed by atoms with van der Waals surface area (Å²) < 4.78 is 7.32. The molecule has 2 aromatic rings. The second-order valence-corrected chi connectivity index (χ2v) is 7.32. The number of aromatic nitrogens is 4. The number of ether oxygens (including phenoxy) is 1. The Morgan fingerprint density at radius 3 is 2.88 bits per heavy atom. The van der Waals surface area contributed by atoms with E-state index in [0.717, 1.165) is 45.2 Å². The molecule has 2 atom stereocenters. The van der Waals surface area contributed by atoms with Gasteiger partial charge in [0.1, 0.15) is 0 Å². The molecule has 0 unspecified atom stereocenters. The molecule has 0 radical (unpaired) electrons. The highest BCUT2D eigenvalue weighted by atomic mass is 16.5. The second-order valence-electron chi connectivity index (χ2n) is 7.32. The van der Waals surface area contributed by atoms with Crippen molar-refractivity contribution in [2.24, 2.45) is 7.05 Å². The average Bonchev–Trinajstić information content (AvgIpc) is 3.17. The summed E-state index contributed by atoms with van der Waals surface area (Å²) in [5, 5.41) is 4.31.